The molecule has 1 amide bonds. The molecule has 0 saturated carbocycles. The van der Waals surface area contributed by atoms with Crippen molar-refractivity contribution in [2.45, 2.75) is 6.54 Å². The number of hydrogen-bond acceptors (Lipinski definition) is 1. The molecule has 0 unspecified atom stereocenters. The first kappa shape index (κ1) is 14.4. The molecule has 0 aliphatic rings. The Morgan fingerprint density at radius 2 is 1.89 bits per heavy atom. The summed E-state index contributed by atoms with van der Waals surface area (Å²) < 4.78 is 0.702. The Morgan fingerprint density at radius 1 is 1.16 bits per heavy atom. The van der Waals surface area contributed by atoms with Gasteiger partial charge in [-0.3, -0.25) is 4.79 Å². The van der Waals surface area contributed by atoms with Crippen molar-refractivity contribution in [3.63, 3.8) is 0 Å². The minimum Gasteiger partial charge on any atom is -0.348 e. The van der Waals surface area contributed by atoms with Gasteiger partial charge in [-0.2, -0.15) is 0 Å². The molecule has 19 heavy (non-hydrogen) atoms. The van der Waals surface area contributed by atoms with E-state index in [1.54, 1.807) is 24.3 Å². The Balaban J connectivity index is 2.10. The summed E-state index contributed by atoms with van der Waals surface area (Å²) in [5.41, 5.74) is 1.37. The van der Waals surface area contributed by atoms with Gasteiger partial charge in [-0.25, -0.2) is 0 Å². The smallest absolute Gasteiger partial charge is 0.252 e. The molecule has 0 fully saturated rings. The largest absolute Gasteiger partial charge is 0.348 e. The maximum Gasteiger partial charge on any atom is 0.252 e. The summed E-state index contributed by atoms with van der Waals surface area (Å²) in [6, 6.07) is 12.5. The SMILES string of the molecule is O=C(NCc1ccccc1Cl)c1cc(Cl)ccc1Br. The highest BCUT2D eigenvalue weighted by Crippen LogP contribution is 2.21. The van der Waals surface area contributed by atoms with E-state index in [-0.39, 0.29) is 5.91 Å². The van der Waals surface area contributed by atoms with Gasteiger partial charge in [0.15, 0.2) is 0 Å². The third-order valence-corrected chi connectivity index (χ3v) is 3.87. The summed E-state index contributed by atoms with van der Waals surface area (Å²) >= 11 is 15.2. The minimum absolute atomic E-state index is 0.200. The van der Waals surface area contributed by atoms with Crippen molar-refractivity contribution in [3.8, 4) is 0 Å². The Morgan fingerprint density at radius 3 is 2.63 bits per heavy atom. The average Bonchev–Trinajstić information content (AvgIpc) is 2.40. The number of carbonyl (C=O) groups excluding carboxylic acids is 1. The van der Waals surface area contributed by atoms with Gasteiger partial charge in [-0.15, -0.1) is 0 Å². The van der Waals surface area contributed by atoms with E-state index >= 15 is 0 Å². The van der Waals surface area contributed by atoms with Crippen molar-refractivity contribution >= 4 is 45.0 Å². The van der Waals surface area contributed by atoms with Crippen molar-refractivity contribution in [2.24, 2.45) is 0 Å². The van der Waals surface area contributed by atoms with Gasteiger partial charge in [0.05, 0.1) is 5.56 Å². The van der Waals surface area contributed by atoms with E-state index in [1.165, 1.54) is 0 Å². The average molecular weight is 359 g/mol. The zero-order valence-corrected chi connectivity index (χ0v) is 12.9. The van der Waals surface area contributed by atoms with E-state index in [0.29, 0.717) is 26.6 Å². The minimum atomic E-state index is -0.200. The highest BCUT2D eigenvalue weighted by Gasteiger charge is 2.10. The van der Waals surface area contributed by atoms with Gasteiger partial charge in [-0.05, 0) is 45.8 Å². The maximum atomic E-state index is 12.1. The number of benzene rings is 2. The van der Waals surface area contributed by atoms with E-state index in [0.717, 1.165) is 5.56 Å². The van der Waals surface area contributed by atoms with Crippen molar-refractivity contribution < 1.29 is 4.79 Å². The van der Waals surface area contributed by atoms with Gasteiger partial charge >= 0.3 is 0 Å². The zero-order valence-electron chi connectivity index (χ0n) is 9.79. The summed E-state index contributed by atoms with van der Waals surface area (Å²) in [6.45, 7) is 0.372. The lowest BCUT2D eigenvalue weighted by Gasteiger charge is -2.08. The van der Waals surface area contributed by atoms with Crippen LogP contribution in [0.5, 0.6) is 0 Å². The Hall–Kier alpha value is -1.03. The highest BCUT2D eigenvalue weighted by atomic mass is 79.9. The lowest BCUT2D eigenvalue weighted by molar-refractivity contribution is 0.0950. The molecule has 5 heteroatoms. The standard InChI is InChI=1S/C14H10BrCl2NO/c15-12-6-5-10(16)7-11(12)14(19)18-8-9-3-1-2-4-13(9)17/h1-7H,8H2,(H,18,19). The molecule has 98 valence electrons. The fraction of sp³-hybridized carbons (Fsp3) is 0.0714. The number of nitrogens with one attached hydrogen (secondary N) is 1. The number of carbonyl (C=O) groups is 1. The maximum absolute atomic E-state index is 12.1. The molecular formula is C14H10BrCl2NO. The first-order valence-electron chi connectivity index (χ1n) is 5.54. The monoisotopic (exact) mass is 357 g/mol. The van der Waals surface area contributed by atoms with Crippen LogP contribution in [-0.4, -0.2) is 5.91 Å². The Bertz CT molecular complexity index is 616. The lowest BCUT2D eigenvalue weighted by atomic mass is 10.2. The molecule has 0 heterocycles. The summed E-state index contributed by atoms with van der Waals surface area (Å²) in [4.78, 5) is 12.1. The first-order chi connectivity index (χ1) is 9.08. The fourth-order valence-electron chi connectivity index (χ4n) is 1.58. The van der Waals surface area contributed by atoms with Crippen molar-refractivity contribution in [1.29, 1.82) is 0 Å². The molecule has 0 spiro atoms. The summed E-state index contributed by atoms with van der Waals surface area (Å²) in [7, 11) is 0. The van der Waals surface area contributed by atoms with Gasteiger partial charge in [0, 0.05) is 21.1 Å². The highest BCUT2D eigenvalue weighted by molar-refractivity contribution is 9.10. The quantitative estimate of drug-likeness (QED) is 0.847. The predicted octanol–water partition coefficient (Wildman–Crippen LogP) is 4.69. The third kappa shape index (κ3) is 3.72. The lowest BCUT2D eigenvalue weighted by Crippen LogP contribution is -2.23. The van der Waals surface area contributed by atoms with E-state index < -0.39 is 0 Å². The van der Waals surface area contributed by atoms with Crippen LogP contribution < -0.4 is 5.32 Å². The second-order valence-electron chi connectivity index (χ2n) is 3.90. The molecule has 2 aromatic carbocycles. The Labute approximate surface area is 129 Å². The number of amides is 1. The van der Waals surface area contributed by atoms with Crippen LogP contribution in [0.4, 0.5) is 0 Å². The van der Waals surface area contributed by atoms with E-state index in [9.17, 15) is 4.79 Å². The third-order valence-electron chi connectivity index (χ3n) is 2.57. The molecule has 0 radical (unpaired) electrons. The van der Waals surface area contributed by atoms with Gasteiger partial charge in [0.2, 0.25) is 0 Å². The van der Waals surface area contributed by atoms with E-state index in [4.69, 9.17) is 23.2 Å². The van der Waals surface area contributed by atoms with Crippen LogP contribution in [0.25, 0.3) is 0 Å². The first-order valence-corrected chi connectivity index (χ1v) is 7.09. The number of halogens is 3. The molecule has 0 aliphatic heterocycles. The number of rotatable bonds is 3. The molecule has 0 saturated heterocycles. The molecular weight excluding hydrogens is 349 g/mol. The van der Waals surface area contributed by atoms with Gasteiger partial charge in [0.25, 0.3) is 5.91 Å². The summed E-state index contributed by atoms with van der Waals surface area (Å²) in [5, 5.41) is 3.96. The van der Waals surface area contributed by atoms with Gasteiger partial charge < -0.3 is 5.32 Å². The molecule has 0 aliphatic carbocycles. The van der Waals surface area contributed by atoms with Crippen LogP contribution in [0.3, 0.4) is 0 Å². The zero-order chi connectivity index (χ0) is 13.8. The van der Waals surface area contributed by atoms with Crippen LogP contribution >= 0.6 is 39.1 Å². The molecule has 2 nitrogen and oxygen atoms in total. The van der Waals surface area contributed by atoms with Crippen molar-refractivity contribution in [2.75, 3.05) is 0 Å². The van der Waals surface area contributed by atoms with Crippen molar-refractivity contribution in [1.82, 2.24) is 5.32 Å². The normalized spacial score (nSPS) is 10.3. The number of hydrogen-bond donors (Lipinski definition) is 1. The second-order valence-corrected chi connectivity index (χ2v) is 5.60. The molecule has 1 N–H and O–H groups in total. The van der Waals surface area contributed by atoms with Crippen molar-refractivity contribution in [3.05, 3.63) is 68.1 Å². The van der Waals surface area contributed by atoms with Crippen LogP contribution in [0.2, 0.25) is 10.0 Å². The Kier molecular flexibility index (Phi) is 4.86. The molecule has 0 atom stereocenters. The molecule has 0 aromatic heterocycles. The fourth-order valence-corrected chi connectivity index (χ4v) is 2.39. The van der Waals surface area contributed by atoms with Crippen LogP contribution in [0.15, 0.2) is 46.9 Å². The van der Waals surface area contributed by atoms with Gasteiger partial charge in [-0.1, -0.05) is 41.4 Å². The van der Waals surface area contributed by atoms with E-state index in [2.05, 4.69) is 21.2 Å². The van der Waals surface area contributed by atoms with Gasteiger partial charge in [0.1, 0.15) is 0 Å². The van der Waals surface area contributed by atoms with Crippen LogP contribution in [0, 0.1) is 0 Å². The van der Waals surface area contributed by atoms with Crippen LogP contribution in [-0.2, 0) is 6.54 Å². The molecule has 0 bridgehead atoms. The molecule has 2 rings (SSSR count). The van der Waals surface area contributed by atoms with Crippen LogP contribution in [0.1, 0.15) is 15.9 Å². The topological polar surface area (TPSA) is 29.1 Å². The summed E-state index contributed by atoms with van der Waals surface area (Å²) in [5.74, 6) is -0.200. The predicted molar refractivity (Wildman–Crippen MR) is 81.8 cm³/mol. The molecule has 2 aromatic rings. The summed E-state index contributed by atoms with van der Waals surface area (Å²) in [6.07, 6.45) is 0. The van der Waals surface area contributed by atoms with E-state index in [1.807, 2.05) is 18.2 Å². The second kappa shape index (κ2) is 6.42.